The number of ether oxygens (including phenoxy) is 1. The van der Waals surface area contributed by atoms with Crippen LogP contribution in [0.2, 0.25) is 0 Å². The number of aliphatic imine (C=N–C) groups is 1. The second kappa shape index (κ2) is 12.7. The third kappa shape index (κ3) is 6.82. The van der Waals surface area contributed by atoms with Crippen molar-refractivity contribution in [3.8, 4) is 5.75 Å². The number of benzene rings is 2. The van der Waals surface area contributed by atoms with Gasteiger partial charge in [-0.05, 0) is 61.0 Å². The number of aliphatic hydroxyl groups is 1. The number of anilines is 1. The van der Waals surface area contributed by atoms with Gasteiger partial charge in [-0.25, -0.2) is 4.99 Å². The van der Waals surface area contributed by atoms with E-state index in [0.717, 1.165) is 16.7 Å². The number of aliphatic hydroxyl groups excluding tert-OH is 1. The molecule has 9 heteroatoms. The number of likely N-dealkylation sites (N-methyl/N-ethyl adjacent to an activating group) is 1. The molecule has 1 aliphatic rings. The molecule has 0 heterocycles. The van der Waals surface area contributed by atoms with Gasteiger partial charge in [0, 0.05) is 35.8 Å². The van der Waals surface area contributed by atoms with Crippen molar-refractivity contribution in [2.45, 2.75) is 19.2 Å². The minimum absolute atomic E-state index is 0.217. The summed E-state index contributed by atoms with van der Waals surface area (Å²) in [6.45, 7) is 5.23. The van der Waals surface area contributed by atoms with Crippen molar-refractivity contribution in [1.29, 1.82) is 0 Å². The van der Waals surface area contributed by atoms with E-state index < -0.39 is 6.23 Å². The van der Waals surface area contributed by atoms with Crippen LogP contribution in [0.15, 0.2) is 88.7 Å². The van der Waals surface area contributed by atoms with Gasteiger partial charge in [0.25, 0.3) is 5.91 Å². The van der Waals surface area contributed by atoms with Crippen LogP contribution in [0.5, 0.6) is 5.75 Å². The number of carbonyl (C=O) groups is 1. The number of amides is 1. The highest BCUT2D eigenvalue weighted by Gasteiger charge is 2.28. The lowest BCUT2D eigenvalue weighted by atomic mass is 9.80. The van der Waals surface area contributed by atoms with Crippen LogP contribution in [-0.4, -0.2) is 44.3 Å². The fourth-order valence-electron chi connectivity index (χ4n) is 4.03. The van der Waals surface area contributed by atoms with Crippen molar-refractivity contribution in [3.05, 3.63) is 94.9 Å². The van der Waals surface area contributed by atoms with Crippen molar-refractivity contribution < 1.29 is 14.6 Å². The van der Waals surface area contributed by atoms with E-state index in [-0.39, 0.29) is 11.8 Å². The van der Waals surface area contributed by atoms with Crippen LogP contribution >= 0.6 is 0 Å². The molecule has 2 atom stereocenters. The van der Waals surface area contributed by atoms with Gasteiger partial charge < -0.3 is 37.3 Å². The van der Waals surface area contributed by atoms with E-state index >= 15 is 0 Å². The number of methoxy groups -OCH3 is 1. The molecule has 1 aliphatic carbocycles. The highest BCUT2D eigenvalue weighted by Crippen LogP contribution is 2.34. The molecule has 36 heavy (non-hydrogen) atoms. The van der Waals surface area contributed by atoms with Gasteiger partial charge in [0.1, 0.15) is 17.8 Å². The molecule has 0 bridgehead atoms. The van der Waals surface area contributed by atoms with E-state index in [9.17, 15) is 9.90 Å². The zero-order chi connectivity index (χ0) is 26.1. The smallest absolute Gasteiger partial charge is 0.255 e. The maximum Gasteiger partial charge on any atom is 0.255 e. The van der Waals surface area contributed by atoms with Gasteiger partial charge in [0.05, 0.1) is 13.4 Å². The Morgan fingerprint density at radius 1 is 1.28 bits per heavy atom. The van der Waals surface area contributed by atoms with Crippen LogP contribution in [0.25, 0.3) is 0 Å². The number of hydrogen-bond acceptors (Lipinski definition) is 7. The summed E-state index contributed by atoms with van der Waals surface area (Å²) in [4.78, 5) is 16.9. The second-order valence-electron chi connectivity index (χ2n) is 8.44. The highest BCUT2D eigenvalue weighted by molar-refractivity contribution is 6.04. The second-order valence-corrected chi connectivity index (χ2v) is 8.44. The van der Waals surface area contributed by atoms with Gasteiger partial charge >= 0.3 is 0 Å². The Bertz CT molecular complexity index is 1170. The van der Waals surface area contributed by atoms with Gasteiger partial charge in [0.15, 0.2) is 0 Å². The van der Waals surface area contributed by atoms with Crippen LogP contribution in [0, 0.1) is 5.92 Å². The van der Waals surface area contributed by atoms with Crippen LogP contribution in [0.1, 0.15) is 22.3 Å². The molecule has 0 saturated carbocycles. The monoisotopic (exact) mass is 490 g/mol. The molecule has 2 aromatic rings. The van der Waals surface area contributed by atoms with Crippen molar-refractivity contribution in [2.24, 2.45) is 22.4 Å². The molecule has 0 radical (unpaired) electrons. The van der Waals surface area contributed by atoms with Crippen LogP contribution in [0.4, 0.5) is 5.69 Å². The maximum absolute atomic E-state index is 12.6. The van der Waals surface area contributed by atoms with Gasteiger partial charge in [-0.1, -0.05) is 30.4 Å². The first-order chi connectivity index (χ1) is 17.4. The SMILES string of the molecule is C=C1/C(=C(\N=CN)NCc2cccc(NC(=O)c3ccc(OC)cc3)c2)C=C(CNC)CC1C(N)O. The molecule has 0 aromatic heterocycles. The van der Waals surface area contributed by atoms with E-state index in [1.165, 1.54) is 6.34 Å². The number of carbonyl (C=O) groups excluding carboxylic acids is 1. The number of nitrogens with zero attached hydrogens (tertiary/aromatic N) is 1. The summed E-state index contributed by atoms with van der Waals surface area (Å²) in [6, 6.07) is 14.4. The van der Waals surface area contributed by atoms with E-state index in [1.54, 1.807) is 31.4 Å². The van der Waals surface area contributed by atoms with Crippen molar-refractivity contribution in [2.75, 3.05) is 26.0 Å². The quantitative estimate of drug-likeness (QED) is 0.170. The zero-order valence-electron chi connectivity index (χ0n) is 20.6. The molecular formula is C27H34N6O3. The van der Waals surface area contributed by atoms with Crippen molar-refractivity contribution >= 4 is 17.9 Å². The Morgan fingerprint density at radius 2 is 2.03 bits per heavy atom. The minimum atomic E-state index is -1.04. The lowest BCUT2D eigenvalue weighted by Crippen LogP contribution is -2.34. The Hall–Kier alpha value is -3.92. The zero-order valence-corrected chi connectivity index (χ0v) is 20.6. The first-order valence-corrected chi connectivity index (χ1v) is 11.6. The molecule has 2 unspecified atom stereocenters. The summed E-state index contributed by atoms with van der Waals surface area (Å²) in [5.74, 6) is 0.666. The summed E-state index contributed by atoms with van der Waals surface area (Å²) < 4.78 is 5.14. The van der Waals surface area contributed by atoms with Crippen LogP contribution < -0.4 is 32.2 Å². The molecule has 3 rings (SSSR count). The summed E-state index contributed by atoms with van der Waals surface area (Å²) in [6.07, 6.45) is 2.78. The highest BCUT2D eigenvalue weighted by atomic mass is 16.5. The molecule has 2 aromatic carbocycles. The summed E-state index contributed by atoms with van der Waals surface area (Å²) in [7, 11) is 3.44. The normalized spacial score (nSPS) is 17.9. The third-order valence-corrected chi connectivity index (χ3v) is 5.90. The number of rotatable bonds is 10. The van der Waals surface area contributed by atoms with E-state index in [0.29, 0.717) is 47.9 Å². The molecule has 1 amide bonds. The summed E-state index contributed by atoms with van der Waals surface area (Å²) in [5.41, 5.74) is 16.1. The molecule has 9 nitrogen and oxygen atoms in total. The van der Waals surface area contributed by atoms with Crippen molar-refractivity contribution in [1.82, 2.24) is 10.6 Å². The molecule has 0 spiro atoms. The van der Waals surface area contributed by atoms with Gasteiger partial charge in [-0.15, -0.1) is 0 Å². The van der Waals surface area contributed by atoms with Crippen LogP contribution in [0.3, 0.4) is 0 Å². The Morgan fingerprint density at radius 3 is 2.67 bits per heavy atom. The number of nitrogens with one attached hydrogen (secondary N) is 3. The average Bonchev–Trinajstić information content (AvgIpc) is 2.88. The molecule has 0 saturated heterocycles. The lowest BCUT2D eigenvalue weighted by molar-refractivity contribution is 0.102. The van der Waals surface area contributed by atoms with Crippen molar-refractivity contribution in [3.63, 3.8) is 0 Å². The van der Waals surface area contributed by atoms with Gasteiger partial charge in [-0.3, -0.25) is 4.79 Å². The summed E-state index contributed by atoms with van der Waals surface area (Å²) >= 11 is 0. The third-order valence-electron chi connectivity index (χ3n) is 5.90. The topological polar surface area (TPSA) is 147 Å². The first kappa shape index (κ1) is 26.7. The molecular weight excluding hydrogens is 456 g/mol. The van der Waals surface area contributed by atoms with Gasteiger partial charge in [0.2, 0.25) is 0 Å². The molecule has 190 valence electrons. The molecule has 0 fully saturated rings. The van der Waals surface area contributed by atoms with E-state index in [2.05, 4.69) is 27.5 Å². The predicted octanol–water partition coefficient (Wildman–Crippen LogP) is 2.23. The standard InChI is InChI=1S/C27H34N6O3/c1-17-23(25(29)34)12-19(14-30-2)13-24(17)26(32-16-28)31-15-18-5-4-6-21(11-18)33-27(35)20-7-9-22(36-3)10-8-20/h4-11,13,16,23,25,30-31,34H,1,12,14-15,29H2,2-3H3,(H2,28,32)(H,33,35)/b26-24-. The minimum Gasteiger partial charge on any atom is -0.497 e. The molecule has 0 aliphatic heterocycles. The Balaban J connectivity index is 1.78. The van der Waals surface area contributed by atoms with E-state index in [1.807, 2.05) is 37.4 Å². The molecule has 8 N–H and O–H groups in total. The summed E-state index contributed by atoms with van der Waals surface area (Å²) in [5, 5.41) is 19.5. The Labute approximate surface area is 211 Å². The number of nitrogens with two attached hydrogens (primary N) is 2. The van der Waals surface area contributed by atoms with Gasteiger partial charge in [-0.2, -0.15) is 0 Å². The fraction of sp³-hybridized carbons (Fsp3) is 0.259. The predicted molar refractivity (Wildman–Crippen MR) is 143 cm³/mol. The maximum atomic E-state index is 12.6. The lowest BCUT2D eigenvalue weighted by Gasteiger charge is -2.30. The first-order valence-electron chi connectivity index (χ1n) is 11.6. The number of hydrogen-bond donors (Lipinski definition) is 6. The Kier molecular flexibility index (Phi) is 9.40. The largest absolute Gasteiger partial charge is 0.497 e. The number of allylic oxidation sites excluding steroid dienone is 2. The fourth-order valence-corrected chi connectivity index (χ4v) is 4.03. The van der Waals surface area contributed by atoms with Crippen LogP contribution in [-0.2, 0) is 6.54 Å². The van der Waals surface area contributed by atoms with E-state index in [4.69, 9.17) is 16.2 Å². The average molecular weight is 491 g/mol.